The molecule has 1 aliphatic heterocycles. The zero-order valence-corrected chi connectivity index (χ0v) is 13.9. The number of rotatable bonds is 4. The molecule has 0 saturated carbocycles. The molecule has 3 rings (SSSR count). The van der Waals surface area contributed by atoms with Gasteiger partial charge < -0.3 is 10.0 Å². The number of carbonyl (C=O) groups excluding carboxylic acids is 1. The van der Waals surface area contributed by atoms with Crippen molar-refractivity contribution in [2.24, 2.45) is 0 Å². The smallest absolute Gasteiger partial charge is 0.326 e. The average molecular weight is 361 g/mol. The number of nitro benzene ring substituents is 1. The standard InChI is InChI=1S/C16H15N3O5S/c20-15(18-7-2-1-6-13(18)16(21)22)12-9-25-14(17-12)10-4-3-5-11(8-10)19(23)24/h3-5,8-9,13H,1-2,6-7H2,(H,21,22)/t13-/m1/s1. The highest BCUT2D eigenvalue weighted by molar-refractivity contribution is 7.13. The Bertz CT molecular complexity index is 835. The van der Waals surface area contributed by atoms with Gasteiger partial charge in [0.1, 0.15) is 16.7 Å². The van der Waals surface area contributed by atoms with E-state index in [9.17, 15) is 24.8 Å². The number of hydrogen-bond acceptors (Lipinski definition) is 6. The number of carboxylic acids is 1. The van der Waals surface area contributed by atoms with E-state index >= 15 is 0 Å². The van der Waals surface area contributed by atoms with Crippen LogP contribution in [0.2, 0.25) is 0 Å². The third-order valence-electron chi connectivity index (χ3n) is 4.08. The first-order valence-corrected chi connectivity index (χ1v) is 8.59. The molecule has 1 aromatic heterocycles. The third-order valence-corrected chi connectivity index (χ3v) is 4.97. The lowest BCUT2D eigenvalue weighted by Crippen LogP contribution is -2.48. The lowest BCUT2D eigenvalue weighted by Gasteiger charge is -2.32. The minimum atomic E-state index is -1.01. The maximum absolute atomic E-state index is 12.6. The summed E-state index contributed by atoms with van der Waals surface area (Å²) >= 11 is 1.20. The van der Waals surface area contributed by atoms with Gasteiger partial charge in [0.05, 0.1) is 4.92 Å². The van der Waals surface area contributed by atoms with Gasteiger partial charge in [0.25, 0.3) is 11.6 Å². The van der Waals surface area contributed by atoms with Crippen molar-refractivity contribution in [3.05, 3.63) is 45.5 Å². The average Bonchev–Trinajstić information content (AvgIpc) is 3.11. The predicted molar refractivity (Wildman–Crippen MR) is 90.5 cm³/mol. The lowest BCUT2D eigenvalue weighted by atomic mass is 10.0. The number of carbonyl (C=O) groups is 2. The van der Waals surface area contributed by atoms with Crippen LogP contribution in [0.4, 0.5) is 5.69 Å². The maximum atomic E-state index is 12.6. The van der Waals surface area contributed by atoms with E-state index in [4.69, 9.17) is 0 Å². The summed E-state index contributed by atoms with van der Waals surface area (Å²) in [6, 6.07) is 5.19. The second-order valence-electron chi connectivity index (χ2n) is 5.69. The van der Waals surface area contributed by atoms with Crippen LogP contribution in [0, 0.1) is 10.1 Å². The fraction of sp³-hybridized carbons (Fsp3) is 0.312. The van der Waals surface area contributed by atoms with E-state index < -0.39 is 22.8 Å². The monoisotopic (exact) mass is 361 g/mol. The third kappa shape index (κ3) is 3.50. The van der Waals surface area contributed by atoms with Crippen molar-refractivity contribution in [2.75, 3.05) is 6.54 Å². The normalized spacial score (nSPS) is 17.3. The molecule has 2 aromatic rings. The topological polar surface area (TPSA) is 114 Å². The van der Waals surface area contributed by atoms with Crippen molar-refractivity contribution in [1.29, 1.82) is 0 Å². The number of carboxylic acid groups (broad SMARTS) is 1. The van der Waals surface area contributed by atoms with E-state index in [1.807, 2.05) is 0 Å². The van der Waals surface area contributed by atoms with E-state index in [0.717, 1.165) is 12.8 Å². The first-order chi connectivity index (χ1) is 12.0. The van der Waals surface area contributed by atoms with Gasteiger partial charge in [0.15, 0.2) is 0 Å². The number of nitrogens with zero attached hydrogens (tertiary/aromatic N) is 3. The number of aliphatic carboxylic acids is 1. The molecule has 9 heteroatoms. The molecule has 1 amide bonds. The molecule has 1 N–H and O–H groups in total. The number of likely N-dealkylation sites (tertiary alicyclic amines) is 1. The number of nitro groups is 1. The van der Waals surface area contributed by atoms with Gasteiger partial charge >= 0.3 is 5.97 Å². The molecule has 130 valence electrons. The van der Waals surface area contributed by atoms with Crippen LogP contribution in [-0.2, 0) is 4.79 Å². The molecule has 8 nitrogen and oxygen atoms in total. The van der Waals surface area contributed by atoms with E-state index in [1.54, 1.807) is 17.5 Å². The molecule has 1 fully saturated rings. The Kier molecular flexibility index (Phi) is 4.75. The van der Waals surface area contributed by atoms with Crippen LogP contribution >= 0.6 is 11.3 Å². The Hall–Kier alpha value is -2.81. The van der Waals surface area contributed by atoms with Crippen molar-refractivity contribution in [3.63, 3.8) is 0 Å². The second kappa shape index (κ2) is 6.98. The lowest BCUT2D eigenvalue weighted by molar-refractivity contribution is -0.384. The highest BCUT2D eigenvalue weighted by atomic mass is 32.1. The summed E-state index contributed by atoms with van der Waals surface area (Å²) in [7, 11) is 0. The fourth-order valence-corrected chi connectivity index (χ4v) is 3.63. The number of piperidine rings is 1. The fourth-order valence-electron chi connectivity index (χ4n) is 2.84. The molecule has 1 aliphatic rings. The van der Waals surface area contributed by atoms with Crippen LogP contribution in [0.25, 0.3) is 10.6 Å². The maximum Gasteiger partial charge on any atom is 0.326 e. The zero-order valence-electron chi connectivity index (χ0n) is 13.1. The zero-order chi connectivity index (χ0) is 18.0. The van der Waals surface area contributed by atoms with Crippen LogP contribution in [0.1, 0.15) is 29.8 Å². The number of amides is 1. The van der Waals surface area contributed by atoms with E-state index in [0.29, 0.717) is 23.5 Å². The number of thiazole rings is 1. The molecule has 0 unspecified atom stereocenters. The van der Waals surface area contributed by atoms with Gasteiger partial charge in [-0.05, 0) is 19.3 Å². The summed E-state index contributed by atoms with van der Waals surface area (Å²) in [5, 5.41) is 22.2. The molecule has 1 saturated heterocycles. The summed E-state index contributed by atoms with van der Waals surface area (Å²) in [5.41, 5.74) is 0.661. The largest absolute Gasteiger partial charge is 0.480 e. The first-order valence-electron chi connectivity index (χ1n) is 7.71. The van der Waals surface area contributed by atoms with E-state index in [1.165, 1.54) is 28.4 Å². The predicted octanol–water partition coefficient (Wildman–Crippen LogP) is 2.80. The van der Waals surface area contributed by atoms with E-state index in [2.05, 4.69) is 4.98 Å². The molecular weight excluding hydrogens is 346 g/mol. The van der Waals surface area contributed by atoms with Crippen LogP contribution in [-0.4, -0.2) is 44.4 Å². The summed E-state index contributed by atoms with van der Waals surface area (Å²) in [6.07, 6.45) is 1.97. The molecule has 2 heterocycles. The number of hydrogen-bond donors (Lipinski definition) is 1. The van der Waals surface area contributed by atoms with Crippen molar-refractivity contribution in [3.8, 4) is 10.6 Å². The first kappa shape index (κ1) is 17.0. The molecule has 0 bridgehead atoms. The van der Waals surface area contributed by atoms with Gasteiger partial charge in [-0.15, -0.1) is 11.3 Å². The molecular formula is C16H15N3O5S. The van der Waals surface area contributed by atoms with Gasteiger partial charge in [-0.3, -0.25) is 14.9 Å². The Morgan fingerprint density at radius 1 is 1.36 bits per heavy atom. The number of aromatic nitrogens is 1. The minimum absolute atomic E-state index is 0.0532. The number of benzene rings is 1. The second-order valence-corrected chi connectivity index (χ2v) is 6.55. The Morgan fingerprint density at radius 3 is 2.88 bits per heavy atom. The summed E-state index contributed by atoms with van der Waals surface area (Å²) in [4.78, 5) is 40.0. The Morgan fingerprint density at radius 2 is 2.16 bits per heavy atom. The molecule has 25 heavy (non-hydrogen) atoms. The van der Waals surface area contributed by atoms with Crippen molar-refractivity contribution < 1.29 is 19.6 Å². The highest BCUT2D eigenvalue weighted by Crippen LogP contribution is 2.28. The SMILES string of the molecule is O=C(O)[C@H]1CCCCN1C(=O)c1csc(-c2cccc([N+](=O)[O-])c2)n1. The van der Waals surface area contributed by atoms with Crippen molar-refractivity contribution in [2.45, 2.75) is 25.3 Å². The minimum Gasteiger partial charge on any atom is -0.480 e. The summed E-state index contributed by atoms with van der Waals surface area (Å²) in [5.74, 6) is -1.43. The van der Waals surface area contributed by atoms with Crippen molar-refractivity contribution >= 4 is 28.9 Å². The quantitative estimate of drug-likeness (QED) is 0.661. The molecule has 1 aromatic carbocycles. The summed E-state index contributed by atoms with van der Waals surface area (Å²) < 4.78 is 0. The molecule has 0 aliphatic carbocycles. The van der Waals surface area contributed by atoms with Crippen molar-refractivity contribution in [1.82, 2.24) is 9.88 Å². The van der Waals surface area contributed by atoms with Gasteiger partial charge in [-0.25, -0.2) is 9.78 Å². The van der Waals surface area contributed by atoms with E-state index in [-0.39, 0.29) is 11.4 Å². The molecule has 0 radical (unpaired) electrons. The van der Waals surface area contributed by atoms with Crippen LogP contribution < -0.4 is 0 Å². The summed E-state index contributed by atoms with van der Waals surface area (Å²) in [6.45, 7) is 0.388. The highest BCUT2D eigenvalue weighted by Gasteiger charge is 2.33. The Balaban J connectivity index is 1.85. The molecule has 1 atom stereocenters. The Labute approximate surface area is 146 Å². The number of non-ortho nitro benzene ring substituents is 1. The van der Waals surface area contributed by atoms with Gasteiger partial charge in [-0.1, -0.05) is 12.1 Å². The van der Waals surface area contributed by atoms with Gasteiger partial charge in [0, 0.05) is 29.6 Å². The van der Waals surface area contributed by atoms with Crippen LogP contribution in [0.5, 0.6) is 0 Å². The van der Waals surface area contributed by atoms with Gasteiger partial charge in [0.2, 0.25) is 0 Å². The van der Waals surface area contributed by atoms with Gasteiger partial charge in [-0.2, -0.15) is 0 Å². The molecule has 0 spiro atoms. The van der Waals surface area contributed by atoms with Crippen LogP contribution in [0.3, 0.4) is 0 Å². The van der Waals surface area contributed by atoms with Crippen LogP contribution in [0.15, 0.2) is 29.6 Å².